The lowest BCUT2D eigenvalue weighted by molar-refractivity contribution is -0.385. The second-order valence-corrected chi connectivity index (χ2v) is 4.80. The molecule has 0 aliphatic heterocycles. The fourth-order valence-electron chi connectivity index (χ4n) is 1.93. The van der Waals surface area contributed by atoms with Gasteiger partial charge in [-0.15, -0.1) is 0 Å². The molecule has 0 saturated heterocycles. The summed E-state index contributed by atoms with van der Waals surface area (Å²) in [6.45, 7) is 1.68. The van der Waals surface area contributed by atoms with Crippen molar-refractivity contribution in [2.75, 3.05) is 14.2 Å². The Kier molecular flexibility index (Phi) is 7.08. The number of aromatic hydroxyl groups is 1. The molecule has 0 aliphatic rings. The number of carbonyl (C=O) groups excluding carboxylic acids is 2. The zero-order chi connectivity index (χ0) is 19.0. The second-order valence-electron chi connectivity index (χ2n) is 4.80. The van der Waals surface area contributed by atoms with E-state index in [-0.39, 0.29) is 17.0 Å². The molecule has 0 bridgehead atoms. The van der Waals surface area contributed by atoms with Crippen LogP contribution in [0.5, 0.6) is 17.2 Å². The van der Waals surface area contributed by atoms with Crippen LogP contribution in [0, 0.1) is 17.0 Å². The van der Waals surface area contributed by atoms with Crippen LogP contribution in [0.3, 0.4) is 0 Å². The SMILES string of the molecule is COc1cc(C=O)c([N+](=O)[O-])cc1C.COc1cc(C=O)ccc1O. The van der Waals surface area contributed by atoms with E-state index in [9.17, 15) is 19.7 Å². The van der Waals surface area contributed by atoms with Gasteiger partial charge in [0.1, 0.15) is 12.0 Å². The van der Waals surface area contributed by atoms with E-state index in [1.165, 1.54) is 44.6 Å². The van der Waals surface area contributed by atoms with Crippen LogP contribution < -0.4 is 9.47 Å². The number of rotatable bonds is 5. The minimum atomic E-state index is -0.587. The Hall–Kier alpha value is -3.42. The van der Waals surface area contributed by atoms with Gasteiger partial charge in [0.05, 0.1) is 24.7 Å². The molecule has 0 amide bonds. The first-order chi connectivity index (χ1) is 11.9. The van der Waals surface area contributed by atoms with Crippen LogP contribution in [0.4, 0.5) is 5.69 Å². The van der Waals surface area contributed by atoms with E-state index in [1.807, 2.05) is 0 Å². The standard InChI is InChI=1S/C9H9NO4.C8H8O3/c1-6-3-8(10(12)13)7(5-11)4-9(6)14-2;1-11-8-4-6(5-9)2-3-7(8)10/h3-5H,1-2H3;2-5,10H,1H3. The predicted molar refractivity (Wildman–Crippen MR) is 89.8 cm³/mol. The van der Waals surface area contributed by atoms with Gasteiger partial charge in [0.15, 0.2) is 17.8 Å². The van der Waals surface area contributed by atoms with Crippen molar-refractivity contribution < 1.29 is 29.1 Å². The van der Waals surface area contributed by atoms with Crippen LogP contribution in [0.25, 0.3) is 0 Å². The summed E-state index contributed by atoms with van der Waals surface area (Å²) < 4.78 is 9.72. The third-order valence-electron chi connectivity index (χ3n) is 3.21. The van der Waals surface area contributed by atoms with Crippen molar-refractivity contribution in [2.45, 2.75) is 6.92 Å². The molecule has 8 nitrogen and oxygen atoms in total. The summed E-state index contributed by atoms with van der Waals surface area (Å²) in [5.74, 6) is 0.824. The quantitative estimate of drug-likeness (QED) is 0.502. The summed E-state index contributed by atoms with van der Waals surface area (Å²) in [6, 6.07) is 7.10. The van der Waals surface area contributed by atoms with Gasteiger partial charge in [0, 0.05) is 11.6 Å². The first-order valence-electron chi connectivity index (χ1n) is 6.98. The molecule has 1 N–H and O–H groups in total. The monoisotopic (exact) mass is 347 g/mol. The molecule has 2 rings (SSSR count). The number of nitrogens with zero attached hydrogens (tertiary/aromatic N) is 1. The highest BCUT2D eigenvalue weighted by atomic mass is 16.6. The number of phenols is 1. The van der Waals surface area contributed by atoms with Crippen molar-refractivity contribution in [3.63, 3.8) is 0 Å². The number of hydrogen-bond acceptors (Lipinski definition) is 7. The van der Waals surface area contributed by atoms with Crippen molar-refractivity contribution >= 4 is 18.3 Å². The molecule has 2 aromatic rings. The van der Waals surface area contributed by atoms with Gasteiger partial charge in [0.25, 0.3) is 5.69 Å². The highest BCUT2D eigenvalue weighted by molar-refractivity contribution is 5.82. The topological polar surface area (TPSA) is 116 Å². The molecular weight excluding hydrogens is 330 g/mol. The highest BCUT2D eigenvalue weighted by Gasteiger charge is 2.16. The summed E-state index contributed by atoms with van der Waals surface area (Å²) in [5.41, 5.74) is 0.945. The molecule has 0 saturated carbocycles. The number of nitro benzene ring substituents is 1. The fourth-order valence-corrected chi connectivity index (χ4v) is 1.93. The summed E-state index contributed by atoms with van der Waals surface area (Å²) >= 11 is 0. The molecule has 0 aliphatic carbocycles. The Balaban J connectivity index is 0.000000257. The third-order valence-corrected chi connectivity index (χ3v) is 3.21. The number of nitro groups is 1. The molecule has 25 heavy (non-hydrogen) atoms. The maximum atomic E-state index is 10.6. The lowest BCUT2D eigenvalue weighted by Gasteiger charge is -2.04. The Morgan fingerprint density at radius 2 is 1.68 bits per heavy atom. The van der Waals surface area contributed by atoms with E-state index < -0.39 is 4.92 Å². The number of benzene rings is 2. The highest BCUT2D eigenvalue weighted by Crippen LogP contribution is 2.27. The minimum Gasteiger partial charge on any atom is -0.504 e. The molecule has 0 radical (unpaired) electrons. The fraction of sp³-hybridized carbons (Fsp3) is 0.176. The molecular formula is C17H17NO7. The zero-order valence-corrected chi connectivity index (χ0v) is 13.9. The summed E-state index contributed by atoms with van der Waals surface area (Å²) in [4.78, 5) is 30.8. The van der Waals surface area contributed by atoms with Crippen LogP contribution in [0.1, 0.15) is 26.3 Å². The van der Waals surface area contributed by atoms with Crippen LogP contribution in [-0.4, -0.2) is 36.8 Å². The number of aryl methyl sites for hydroxylation is 1. The van der Waals surface area contributed by atoms with Gasteiger partial charge in [-0.05, 0) is 36.8 Å². The molecule has 0 heterocycles. The second kappa shape index (κ2) is 9.02. The minimum absolute atomic E-state index is 0.0254. The maximum absolute atomic E-state index is 10.6. The van der Waals surface area contributed by atoms with Gasteiger partial charge < -0.3 is 14.6 Å². The third kappa shape index (κ3) is 5.03. The molecule has 132 valence electrons. The van der Waals surface area contributed by atoms with Crippen molar-refractivity contribution in [1.29, 1.82) is 0 Å². The zero-order valence-electron chi connectivity index (χ0n) is 13.9. The number of methoxy groups -OCH3 is 2. The lowest BCUT2D eigenvalue weighted by atomic mass is 10.1. The molecule has 0 spiro atoms. The number of ether oxygens (including phenoxy) is 2. The molecule has 0 aromatic heterocycles. The van der Waals surface area contributed by atoms with Crippen LogP contribution in [-0.2, 0) is 0 Å². The summed E-state index contributed by atoms with van der Waals surface area (Å²) in [5, 5.41) is 19.6. The Labute approximate surface area is 143 Å². The van der Waals surface area contributed by atoms with E-state index in [0.717, 1.165) is 0 Å². The lowest BCUT2D eigenvalue weighted by Crippen LogP contribution is -1.97. The Bertz CT molecular complexity index is 787. The van der Waals surface area contributed by atoms with E-state index >= 15 is 0 Å². The van der Waals surface area contributed by atoms with Crippen molar-refractivity contribution in [2.24, 2.45) is 0 Å². The summed E-state index contributed by atoms with van der Waals surface area (Å²) in [6.07, 6.45) is 1.14. The van der Waals surface area contributed by atoms with Crippen molar-refractivity contribution in [1.82, 2.24) is 0 Å². The average Bonchev–Trinajstić information content (AvgIpc) is 2.62. The van der Waals surface area contributed by atoms with Gasteiger partial charge in [0.2, 0.25) is 0 Å². The number of aldehydes is 2. The first kappa shape index (κ1) is 19.6. The normalized spacial score (nSPS) is 9.40. The number of phenolic OH excluding ortho intramolecular Hbond substituents is 1. The van der Waals surface area contributed by atoms with Crippen LogP contribution >= 0.6 is 0 Å². The molecule has 8 heteroatoms. The number of carbonyl (C=O) groups is 2. The van der Waals surface area contributed by atoms with E-state index in [4.69, 9.17) is 14.6 Å². The molecule has 0 unspecified atom stereocenters. The van der Waals surface area contributed by atoms with E-state index in [1.54, 1.807) is 6.92 Å². The summed E-state index contributed by atoms with van der Waals surface area (Å²) in [7, 11) is 2.88. The van der Waals surface area contributed by atoms with Crippen LogP contribution in [0.2, 0.25) is 0 Å². The van der Waals surface area contributed by atoms with Gasteiger partial charge in [-0.1, -0.05) is 0 Å². The van der Waals surface area contributed by atoms with Gasteiger partial charge in [-0.3, -0.25) is 19.7 Å². The maximum Gasteiger partial charge on any atom is 0.280 e. The van der Waals surface area contributed by atoms with Crippen LogP contribution in [0.15, 0.2) is 30.3 Å². The molecule has 2 aromatic carbocycles. The molecule has 0 atom stereocenters. The van der Waals surface area contributed by atoms with Crippen molar-refractivity contribution in [3.8, 4) is 17.2 Å². The smallest absolute Gasteiger partial charge is 0.280 e. The van der Waals surface area contributed by atoms with E-state index in [2.05, 4.69) is 0 Å². The van der Waals surface area contributed by atoms with Gasteiger partial charge >= 0.3 is 0 Å². The Morgan fingerprint density at radius 1 is 1.04 bits per heavy atom. The first-order valence-corrected chi connectivity index (χ1v) is 6.98. The largest absolute Gasteiger partial charge is 0.504 e. The molecule has 0 fully saturated rings. The number of hydrogen-bond donors (Lipinski definition) is 1. The van der Waals surface area contributed by atoms with Gasteiger partial charge in [-0.25, -0.2) is 0 Å². The average molecular weight is 347 g/mol. The predicted octanol–water partition coefficient (Wildman–Crippen LogP) is 2.94. The Morgan fingerprint density at radius 3 is 2.16 bits per heavy atom. The van der Waals surface area contributed by atoms with E-state index in [0.29, 0.717) is 35.2 Å². The van der Waals surface area contributed by atoms with Crippen molar-refractivity contribution in [3.05, 3.63) is 57.1 Å². The van der Waals surface area contributed by atoms with Gasteiger partial charge in [-0.2, -0.15) is 0 Å².